The number of nitrogens with one attached hydrogen (secondary N) is 2. The van der Waals surface area contributed by atoms with Crippen molar-refractivity contribution >= 4 is 23.1 Å². The molecule has 0 radical (unpaired) electrons. The van der Waals surface area contributed by atoms with Gasteiger partial charge in [0.2, 0.25) is 0 Å². The quantitative estimate of drug-likeness (QED) is 0.137. The molecule has 56 heavy (non-hydrogen) atoms. The van der Waals surface area contributed by atoms with Crippen molar-refractivity contribution in [3.8, 4) is 0 Å². The van der Waals surface area contributed by atoms with Crippen molar-refractivity contribution in [1.29, 1.82) is 0 Å². The number of H-pyrrole nitrogens is 2. The molecule has 8 bridgehead atoms. The van der Waals surface area contributed by atoms with Gasteiger partial charge < -0.3 is 9.97 Å². The van der Waals surface area contributed by atoms with E-state index < -0.39 is 0 Å². The molecule has 2 aromatic carbocycles. The topological polar surface area (TPSA) is 56.3 Å². The standard InChI is InChI=1S/C52H64N4/c1-10-19-30-42-47-36(13-4)34(11-2)43(53-47)31-44-35(12-3)37(14-5)49(54-44)45(32-26-22-20-23-27-32)51-40(17-8)41(18-9)52(56-51)46(33-28-24-21-25-29-33)50-39(16-7)38(15-6)48(42)55-50/h20-29,31,42,45,54,56H,10-19,30H2,1-9H3/b43-31-,50-46-/t42-,45+/m1/s1. The number of aromatic amines is 2. The van der Waals surface area contributed by atoms with Gasteiger partial charge in [-0.2, -0.15) is 0 Å². The summed E-state index contributed by atoms with van der Waals surface area (Å²) in [6.45, 7) is 21.0. The molecule has 0 saturated carbocycles. The molecule has 0 fully saturated rings. The lowest BCUT2D eigenvalue weighted by molar-refractivity contribution is 0.683. The van der Waals surface area contributed by atoms with Crippen LogP contribution < -0.4 is 0 Å². The Kier molecular flexibility index (Phi) is 12.1. The lowest BCUT2D eigenvalue weighted by Crippen LogP contribution is -2.25. The number of rotatable bonds is 13. The number of fused-ring (bicyclic) bond motifs is 6. The van der Waals surface area contributed by atoms with Crippen molar-refractivity contribution in [2.75, 3.05) is 0 Å². The highest BCUT2D eigenvalue weighted by atomic mass is 14.9. The van der Waals surface area contributed by atoms with Crippen LogP contribution in [-0.4, -0.2) is 21.4 Å². The summed E-state index contributed by atoms with van der Waals surface area (Å²) in [6, 6.07) is 22.3. The van der Waals surface area contributed by atoms with Crippen LogP contribution in [0, 0.1) is 5.92 Å². The van der Waals surface area contributed by atoms with Crippen molar-refractivity contribution in [2.45, 2.75) is 139 Å². The van der Waals surface area contributed by atoms with Crippen LogP contribution in [0.1, 0.15) is 169 Å². The zero-order chi connectivity index (χ0) is 39.5. The van der Waals surface area contributed by atoms with Crippen LogP contribution in [0.5, 0.6) is 0 Å². The van der Waals surface area contributed by atoms with Crippen LogP contribution in [0.2, 0.25) is 0 Å². The molecule has 0 saturated heterocycles. The molecular formula is C52H64N4. The van der Waals surface area contributed by atoms with Gasteiger partial charge >= 0.3 is 0 Å². The molecule has 2 atom stereocenters. The van der Waals surface area contributed by atoms with E-state index in [2.05, 4.69) is 139 Å². The summed E-state index contributed by atoms with van der Waals surface area (Å²) in [5, 5.41) is 0. The second-order valence-corrected chi connectivity index (χ2v) is 15.7. The third-order valence-corrected chi connectivity index (χ3v) is 12.8. The lowest BCUT2D eigenvalue weighted by Gasteiger charge is -2.21. The summed E-state index contributed by atoms with van der Waals surface area (Å²) >= 11 is 0. The van der Waals surface area contributed by atoms with Gasteiger partial charge in [-0.3, -0.25) is 9.98 Å². The molecule has 0 amide bonds. The Morgan fingerprint density at radius 2 is 1.09 bits per heavy atom. The van der Waals surface area contributed by atoms with Crippen LogP contribution in [0.4, 0.5) is 0 Å². The summed E-state index contributed by atoms with van der Waals surface area (Å²) in [7, 11) is 0. The second kappa shape index (κ2) is 17.2. The van der Waals surface area contributed by atoms with Crippen LogP contribution in [-0.2, 0) is 25.7 Å². The molecule has 2 N–H and O–H groups in total. The summed E-state index contributed by atoms with van der Waals surface area (Å²) in [4.78, 5) is 20.1. The maximum Gasteiger partial charge on any atom is 0.0767 e. The van der Waals surface area contributed by atoms with E-state index in [0.717, 1.165) is 82.0 Å². The molecule has 292 valence electrons. The third-order valence-electron chi connectivity index (χ3n) is 12.8. The van der Waals surface area contributed by atoms with Gasteiger partial charge in [0.05, 0.1) is 34.4 Å². The van der Waals surface area contributed by atoms with Crippen LogP contribution >= 0.6 is 0 Å². The summed E-state index contributed by atoms with van der Waals surface area (Å²) in [6.07, 6.45) is 13.4. The highest BCUT2D eigenvalue weighted by Gasteiger charge is 2.38. The Labute approximate surface area is 337 Å². The fraction of sp³-hybridized carbons (Fsp3) is 0.423. The zero-order valence-electron chi connectivity index (χ0n) is 35.7. The number of hydrogen-bond acceptors (Lipinski definition) is 2. The number of unbranched alkanes of at least 4 members (excludes halogenated alkanes) is 1. The smallest absolute Gasteiger partial charge is 0.0767 e. The lowest BCUT2D eigenvalue weighted by atomic mass is 9.82. The second-order valence-electron chi connectivity index (χ2n) is 15.7. The molecule has 3 aliphatic heterocycles. The Morgan fingerprint density at radius 1 is 0.536 bits per heavy atom. The Balaban J connectivity index is 1.70. The van der Waals surface area contributed by atoms with Gasteiger partial charge in [0.25, 0.3) is 0 Å². The van der Waals surface area contributed by atoms with E-state index in [1.165, 1.54) is 95.4 Å². The minimum Gasteiger partial charge on any atom is -0.358 e. The van der Waals surface area contributed by atoms with Gasteiger partial charge in [0, 0.05) is 28.6 Å². The molecule has 3 aliphatic rings. The van der Waals surface area contributed by atoms with E-state index in [4.69, 9.17) is 9.98 Å². The maximum atomic E-state index is 5.93. The van der Waals surface area contributed by atoms with Crippen LogP contribution in [0.25, 0.3) is 11.6 Å². The number of aliphatic imine (C=N–C) groups is 2. The zero-order valence-corrected chi connectivity index (χ0v) is 35.7. The van der Waals surface area contributed by atoms with Gasteiger partial charge in [-0.1, -0.05) is 136 Å². The molecule has 0 unspecified atom stereocenters. The van der Waals surface area contributed by atoms with Crippen molar-refractivity contribution in [3.63, 3.8) is 0 Å². The Hall–Kier alpha value is -4.70. The first-order valence-corrected chi connectivity index (χ1v) is 22.1. The van der Waals surface area contributed by atoms with Crippen molar-refractivity contribution in [2.24, 2.45) is 15.9 Å². The first-order chi connectivity index (χ1) is 27.4. The molecule has 0 aliphatic carbocycles. The molecule has 4 nitrogen and oxygen atoms in total. The number of allylic oxidation sites excluding steroid dienone is 4. The van der Waals surface area contributed by atoms with E-state index in [9.17, 15) is 0 Å². The van der Waals surface area contributed by atoms with Gasteiger partial charge in [-0.25, -0.2) is 0 Å². The first-order valence-electron chi connectivity index (χ1n) is 22.1. The normalized spacial score (nSPS) is 20.5. The predicted molar refractivity (Wildman–Crippen MR) is 240 cm³/mol. The van der Waals surface area contributed by atoms with E-state index in [-0.39, 0.29) is 11.8 Å². The molecule has 7 rings (SSSR count). The van der Waals surface area contributed by atoms with Gasteiger partial charge in [0.15, 0.2) is 0 Å². The van der Waals surface area contributed by atoms with Crippen LogP contribution in [0.15, 0.2) is 104 Å². The molecule has 2 aromatic heterocycles. The molecule has 0 spiro atoms. The van der Waals surface area contributed by atoms with E-state index in [1.54, 1.807) is 0 Å². The summed E-state index contributed by atoms with van der Waals surface area (Å²) < 4.78 is 0. The monoisotopic (exact) mass is 745 g/mol. The molecule has 5 heterocycles. The van der Waals surface area contributed by atoms with Crippen molar-refractivity contribution < 1.29 is 0 Å². The average molecular weight is 745 g/mol. The molecule has 4 aromatic rings. The SMILES string of the molecule is CCCC[C@@H]1C2=N/C(=C\c3[nH]c(c(CC)c3CC)[C@H](c3ccccc3)c3[nH]c(c(CC)c3CC)/C(c3ccccc3)=C3\N=C1C(CC)=C3CC)C(CC)=C2CC. The maximum absolute atomic E-state index is 5.93. The average Bonchev–Trinajstić information content (AvgIpc) is 3.98. The van der Waals surface area contributed by atoms with Crippen molar-refractivity contribution in [3.05, 3.63) is 151 Å². The number of nitrogens with zero attached hydrogens (tertiary/aromatic N) is 2. The van der Waals surface area contributed by atoms with Crippen LogP contribution in [0.3, 0.4) is 0 Å². The van der Waals surface area contributed by atoms with Gasteiger partial charge in [0.1, 0.15) is 0 Å². The van der Waals surface area contributed by atoms with E-state index in [1.807, 2.05) is 0 Å². The Bertz CT molecular complexity index is 2260. The highest BCUT2D eigenvalue weighted by Crippen LogP contribution is 2.47. The summed E-state index contributed by atoms with van der Waals surface area (Å²) in [5.74, 6) is 0.154. The fourth-order valence-electron chi connectivity index (χ4n) is 10.3. The number of hydrogen-bond donors (Lipinski definition) is 2. The summed E-state index contributed by atoms with van der Waals surface area (Å²) in [5.41, 5.74) is 24.9. The molecular weight excluding hydrogens is 681 g/mol. The fourth-order valence-corrected chi connectivity index (χ4v) is 10.3. The number of aromatic nitrogens is 2. The Morgan fingerprint density at radius 3 is 1.68 bits per heavy atom. The van der Waals surface area contributed by atoms with Gasteiger partial charge in [-0.15, -0.1) is 0 Å². The van der Waals surface area contributed by atoms with Crippen molar-refractivity contribution in [1.82, 2.24) is 9.97 Å². The highest BCUT2D eigenvalue weighted by molar-refractivity contribution is 6.23. The third kappa shape index (κ3) is 6.67. The largest absolute Gasteiger partial charge is 0.358 e. The minimum absolute atomic E-state index is 0.0102. The number of benzene rings is 2. The first kappa shape index (κ1) is 39.5. The van der Waals surface area contributed by atoms with E-state index >= 15 is 0 Å². The minimum atomic E-state index is 0.0102. The molecule has 4 heteroatoms. The van der Waals surface area contributed by atoms with Gasteiger partial charge in [-0.05, 0) is 120 Å². The van der Waals surface area contributed by atoms with E-state index in [0.29, 0.717) is 0 Å². The predicted octanol–water partition coefficient (Wildman–Crippen LogP) is 13.8.